The molecule has 1 atom stereocenters. The van der Waals surface area contributed by atoms with Gasteiger partial charge in [-0.2, -0.15) is 0 Å². The van der Waals surface area contributed by atoms with Gasteiger partial charge in [0.2, 0.25) is 11.8 Å². The topological polar surface area (TPSA) is 78.5 Å². The second-order valence-corrected chi connectivity index (χ2v) is 6.96. The molecule has 0 aromatic heterocycles. The molecule has 2 N–H and O–H groups in total. The number of hydrogen-bond acceptors (Lipinski definition) is 4. The van der Waals surface area contributed by atoms with E-state index in [9.17, 15) is 14.4 Å². The van der Waals surface area contributed by atoms with Crippen LogP contribution in [0.1, 0.15) is 39.5 Å². The summed E-state index contributed by atoms with van der Waals surface area (Å²) < 4.78 is 0. The molecule has 1 aromatic carbocycles. The van der Waals surface area contributed by atoms with Crippen LogP contribution in [-0.2, 0) is 14.4 Å². The number of anilines is 2. The van der Waals surface area contributed by atoms with E-state index in [2.05, 4.69) is 10.6 Å². The van der Waals surface area contributed by atoms with E-state index in [0.717, 1.165) is 24.2 Å². The molecule has 1 aliphatic heterocycles. The Bertz CT molecular complexity index is 650. The van der Waals surface area contributed by atoms with Crippen LogP contribution < -0.4 is 10.6 Å². The maximum Gasteiger partial charge on any atom is 0.252 e. The molecule has 1 heterocycles. The standard InChI is InChI=1S/C18H23N3O3/c1-11(2)9-16(22)20-13-5-3-12(4-6-13)19-15-10-17(23)21(18(15)24)14-7-8-14/h3-6,11,14-15,19H,7-10H2,1-2H3,(H,20,22)/t15-/m0/s1. The summed E-state index contributed by atoms with van der Waals surface area (Å²) in [4.78, 5) is 37.4. The van der Waals surface area contributed by atoms with E-state index in [0.29, 0.717) is 12.3 Å². The fourth-order valence-corrected chi connectivity index (χ4v) is 2.91. The van der Waals surface area contributed by atoms with Crippen molar-refractivity contribution >= 4 is 29.1 Å². The number of benzene rings is 1. The van der Waals surface area contributed by atoms with Crippen LogP contribution in [0, 0.1) is 5.92 Å². The van der Waals surface area contributed by atoms with Crippen molar-refractivity contribution in [3.8, 4) is 0 Å². The summed E-state index contributed by atoms with van der Waals surface area (Å²) in [6, 6.07) is 6.83. The van der Waals surface area contributed by atoms with Gasteiger partial charge in [-0.15, -0.1) is 0 Å². The van der Waals surface area contributed by atoms with Crippen LogP contribution in [0.15, 0.2) is 24.3 Å². The summed E-state index contributed by atoms with van der Waals surface area (Å²) in [7, 11) is 0. The Balaban J connectivity index is 1.57. The van der Waals surface area contributed by atoms with Gasteiger partial charge in [0.05, 0.1) is 6.42 Å². The summed E-state index contributed by atoms with van der Waals surface area (Å²) >= 11 is 0. The first-order valence-electron chi connectivity index (χ1n) is 8.46. The minimum absolute atomic E-state index is 0.0117. The molecule has 2 fully saturated rings. The third-order valence-corrected chi connectivity index (χ3v) is 4.20. The number of carbonyl (C=O) groups is 3. The molecule has 0 bridgehead atoms. The molecular formula is C18H23N3O3. The van der Waals surface area contributed by atoms with Gasteiger partial charge < -0.3 is 10.6 Å². The van der Waals surface area contributed by atoms with Crippen molar-refractivity contribution in [3.63, 3.8) is 0 Å². The predicted molar refractivity (Wildman–Crippen MR) is 91.4 cm³/mol. The van der Waals surface area contributed by atoms with Crippen LogP contribution in [0.4, 0.5) is 11.4 Å². The maximum absolute atomic E-state index is 12.3. The minimum atomic E-state index is -0.487. The van der Waals surface area contributed by atoms with E-state index in [-0.39, 0.29) is 30.2 Å². The van der Waals surface area contributed by atoms with Crippen molar-refractivity contribution in [2.75, 3.05) is 10.6 Å². The quantitative estimate of drug-likeness (QED) is 0.786. The average molecular weight is 329 g/mol. The summed E-state index contributed by atoms with van der Waals surface area (Å²) in [5, 5.41) is 5.97. The largest absolute Gasteiger partial charge is 0.373 e. The highest BCUT2D eigenvalue weighted by Crippen LogP contribution is 2.32. The molecule has 24 heavy (non-hydrogen) atoms. The molecule has 1 aromatic rings. The molecule has 6 heteroatoms. The van der Waals surface area contributed by atoms with Crippen molar-refractivity contribution in [2.45, 2.75) is 51.6 Å². The zero-order valence-electron chi connectivity index (χ0n) is 14.0. The summed E-state index contributed by atoms with van der Waals surface area (Å²) in [6.07, 6.45) is 2.54. The number of likely N-dealkylation sites (tertiary alicyclic amines) is 1. The molecule has 1 saturated heterocycles. The van der Waals surface area contributed by atoms with Gasteiger partial charge in [0.1, 0.15) is 6.04 Å². The smallest absolute Gasteiger partial charge is 0.252 e. The van der Waals surface area contributed by atoms with Gasteiger partial charge in [0.15, 0.2) is 0 Å². The lowest BCUT2D eigenvalue weighted by molar-refractivity contribution is -0.139. The monoisotopic (exact) mass is 329 g/mol. The van der Waals surface area contributed by atoms with Gasteiger partial charge in [0, 0.05) is 23.8 Å². The zero-order chi connectivity index (χ0) is 17.3. The Morgan fingerprint density at radius 2 is 1.79 bits per heavy atom. The number of nitrogens with zero attached hydrogens (tertiary/aromatic N) is 1. The zero-order valence-corrected chi connectivity index (χ0v) is 14.0. The van der Waals surface area contributed by atoms with Gasteiger partial charge in [-0.3, -0.25) is 19.3 Å². The Hall–Kier alpha value is -2.37. The summed E-state index contributed by atoms with van der Waals surface area (Å²) in [5.41, 5.74) is 1.49. The lowest BCUT2D eigenvalue weighted by atomic mass is 10.1. The number of amides is 3. The van der Waals surface area contributed by atoms with Gasteiger partial charge >= 0.3 is 0 Å². The van der Waals surface area contributed by atoms with Crippen molar-refractivity contribution in [1.29, 1.82) is 0 Å². The van der Waals surface area contributed by atoms with E-state index in [1.165, 1.54) is 4.90 Å². The second-order valence-electron chi connectivity index (χ2n) is 6.96. The minimum Gasteiger partial charge on any atom is -0.373 e. The van der Waals surface area contributed by atoms with E-state index >= 15 is 0 Å². The van der Waals surface area contributed by atoms with E-state index < -0.39 is 6.04 Å². The number of nitrogens with one attached hydrogen (secondary N) is 2. The number of rotatable bonds is 6. The van der Waals surface area contributed by atoms with E-state index in [4.69, 9.17) is 0 Å². The van der Waals surface area contributed by atoms with Crippen molar-refractivity contribution < 1.29 is 14.4 Å². The Morgan fingerprint density at radius 3 is 2.38 bits per heavy atom. The summed E-state index contributed by atoms with van der Waals surface area (Å²) in [5.74, 6) is 0.0861. The van der Waals surface area contributed by atoms with Crippen LogP contribution >= 0.6 is 0 Å². The first-order valence-corrected chi connectivity index (χ1v) is 8.46. The Kier molecular flexibility index (Phi) is 4.55. The molecule has 1 saturated carbocycles. The SMILES string of the molecule is CC(C)CC(=O)Nc1ccc(N[C@H]2CC(=O)N(C3CC3)C2=O)cc1. The number of imide groups is 1. The van der Waals surface area contributed by atoms with Crippen LogP contribution in [0.3, 0.4) is 0 Å². The van der Waals surface area contributed by atoms with E-state index in [1.54, 1.807) is 12.1 Å². The van der Waals surface area contributed by atoms with Crippen LogP contribution in [0.5, 0.6) is 0 Å². The second kappa shape index (κ2) is 6.63. The molecular weight excluding hydrogens is 306 g/mol. The van der Waals surface area contributed by atoms with Gasteiger partial charge in [-0.25, -0.2) is 0 Å². The highest BCUT2D eigenvalue weighted by Gasteiger charge is 2.46. The highest BCUT2D eigenvalue weighted by molar-refractivity contribution is 6.07. The molecule has 2 aliphatic rings. The summed E-state index contributed by atoms with van der Waals surface area (Å²) in [6.45, 7) is 3.99. The number of carbonyl (C=O) groups excluding carboxylic acids is 3. The first kappa shape index (κ1) is 16.5. The molecule has 1 aliphatic carbocycles. The third-order valence-electron chi connectivity index (χ3n) is 4.20. The third kappa shape index (κ3) is 3.75. The normalized spacial score (nSPS) is 20.6. The molecule has 6 nitrogen and oxygen atoms in total. The molecule has 3 rings (SSSR count). The fourth-order valence-electron chi connectivity index (χ4n) is 2.91. The molecule has 0 radical (unpaired) electrons. The molecule has 0 spiro atoms. The van der Waals surface area contributed by atoms with E-state index in [1.807, 2.05) is 26.0 Å². The van der Waals surface area contributed by atoms with Crippen LogP contribution in [0.25, 0.3) is 0 Å². The van der Waals surface area contributed by atoms with Gasteiger partial charge in [0.25, 0.3) is 5.91 Å². The van der Waals surface area contributed by atoms with Crippen molar-refractivity contribution in [1.82, 2.24) is 4.90 Å². The van der Waals surface area contributed by atoms with Gasteiger partial charge in [-0.05, 0) is 43.0 Å². The Labute approximate surface area is 141 Å². The lowest BCUT2D eigenvalue weighted by Crippen LogP contribution is -2.36. The first-order chi connectivity index (χ1) is 11.4. The molecule has 3 amide bonds. The van der Waals surface area contributed by atoms with Gasteiger partial charge in [-0.1, -0.05) is 13.8 Å². The predicted octanol–water partition coefficient (Wildman–Crippen LogP) is 2.37. The van der Waals surface area contributed by atoms with Crippen molar-refractivity contribution in [2.24, 2.45) is 5.92 Å². The number of hydrogen-bond donors (Lipinski definition) is 2. The average Bonchev–Trinajstić information content (AvgIpc) is 3.28. The maximum atomic E-state index is 12.3. The van der Waals surface area contributed by atoms with Crippen LogP contribution in [0.2, 0.25) is 0 Å². The fraction of sp³-hybridized carbons (Fsp3) is 0.500. The van der Waals surface area contributed by atoms with Crippen LogP contribution in [-0.4, -0.2) is 34.7 Å². The van der Waals surface area contributed by atoms with Crippen molar-refractivity contribution in [3.05, 3.63) is 24.3 Å². The lowest BCUT2D eigenvalue weighted by Gasteiger charge is -2.15. The highest BCUT2D eigenvalue weighted by atomic mass is 16.2. The molecule has 128 valence electrons. The Morgan fingerprint density at radius 1 is 1.17 bits per heavy atom. The molecule has 0 unspecified atom stereocenters.